The van der Waals surface area contributed by atoms with Gasteiger partial charge in [-0.25, -0.2) is 0 Å². The first-order chi connectivity index (χ1) is 16.2. The lowest BCUT2D eigenvalue weighted by atomic mass is 9.80. The Morgan fingerprint density at radius 3 is 2.68 bits per heavy atom. The molecule has 0 amide bonds. The van der Waals surface area contributed by atoms with Crippen molar-refractivity contribution in [2.24, 2.45) is 5.92 Å². The normalized spacial score (nSPS) is 21.5. The number of alkyl halides is 3. The molecule has 1 atom stereocenters. The van der Waals surface area contributed by atoms with Gasteiger partial charge in [-0.15, -0.1) is 0 Å². The molecule has 0 bridgehead atoms. The van der Waals surface area contributed by atoms with Crippen LogP contribution in [0.25, 0.3) is 0 Å². The van der Waals surface area contributed by atoms with Gasteiger partial charge in [0.2, 0.25) is 0 Å². The van der Waals surface area contributed by atoms with Gasteiger partial charge in [0, 0.05) is 19.6 Å². The van der Waals surface area contributed by atoms with Crippen LogP contribution in [0.4, 0.5) is 13.2 Å². The van der Waals surface area contributed by atoms with Crippen LogP contribution in [0.15, 0.2) is 52.6 Å². The second kappa shape index (κ2) is 9.96. The van der Waals surface area contributed by atoms with Gasteiger partial charge in [0.25, 0.3) is 0 Å². The molecule has 1 heterocycles. The topological polar surface area (TPSA) is 59.0 Å². The van der Waals surface area contributed by atoms with Gasteiger partial charge in [0.15, 0.2) is 0 Å². The third-order valence-electron chi connectivity index (χ3n) is 6.75. The van der Waals surface area contributed by atoms with E-state index in [0.29, 0.717) is 25.1 Å². The number of carboxylic acid groups (broad SMARTS) is 1. The molecule has 5 nitrogen and oxygen atoms in total. The molecule has 0 aromatic heterocycles. The van der Waals surface area contributed by atoms with Crippen molar-refractivity contribution in [3.05, 3.63) is 63.8 Å². The summed E-state index contributed by atoms with van der Waals surface area (Å²) in [4.78, 5) is 13.2. The molecule has 0 saturated carbocycles. The Bertz CT molecular complexity index is 1030. The lowest BCUT2D eigenvalue weighted by molar-refractivity contribution is -0.147. The summed E-state index contributed by atoms with van der Waals surface area (Å²) >= 11 is 0. The zero-order chi connectivity index (χ0) is 24.5. The van der Waals surface area contributed by atoms with Crippen LogP contribution >= 0.6 is 0 Å². The highest BCUT2D eigenvalue weighted by Crippen LogP contribution is 2.39. The average molecular weight is 478 g/mol. The van der Waals surface area contributed by atoms with E-state index in [1.165, 1.54) is 28.4 Å². The van der Waals surface area contributed by atoms with Crippen LogP contribution in [0.5, 0.6) is 5.75 Å². The van der Waals surface area contributed by atoms with Gasteiger partial charge >= 0.3 is 12.1 Å². The summed E-state index contributed by atoms with van der Waals surface area (Å²) in [5.41, 5.74) is 4.71. The van der Waals surface area contributed by atoms with Crippen molar-refractivity contribution >= 4 is 5.97 Å². The number of benzene rings is 1. The third kappa shape index (κ3) is 5.39. The highest BCUT2D eigenvalue weighted by molar-refractivity contribution is 5.71. The SMILES string of the molecule is CCOc1ccc(COC2C=C3CCC(CN4CC(C(=O)O)C4)=C(C)C3=CC2)cc1C(F)(F)F. The van der Waals surface area contributed by atoms with Gasteiger partial charge in [-0.05, 0) is 67.5 Å². The highest BCUT2D eigenvalue weighted by atomic mass is 19.4. The van der Waals surface area contributed by atoms with Crippen LogP contribution in [0.3, 0.4) is 0 Å². The summed E-state index contributed by atoms with van der Waals surface area (Å²) < 4.78 is 51.3. The van der Waals surface area contributed by atoms with E-state index in [0.717, 1.165) is 25.5 Å². The van der Waals surface area contributed by atoms with Gasteiger partial charge in [0.05, 0.1) is 30.8 Å². The molecular weight excluding hydrogens is 447 g/mol. The number of halogens is 3. The molecule has 4 rings (SSSR count). The van der Waals surface area contributed by atoms with E-state index < -0.39 is 17.7 Å². The molecule has 1 aromatic carbocycles. The maximum Gasteiger partial charge on any atom is 0.419 e. The van der Waals surface area contributed by atoms with Gasteiger partial charge < -0.3 is 14.6 Å². The molecule has 2 aliphatic carbocycles. The van der Waals surface area contributed by atoms with Crippen molar-refractivity contribution < 1.29 is 32.5 Å². The zero-order valence-electron chi connectivity index (χ0n) is 19.5. The quantitative estimate of drug-likeness (QED) is 0.545. The van der Waals surface area contributed by atoms with Crippen molar-refractivity contribution in [3.8, 4) is 5.75 Å². The van der Waals surface area contributed by atoms with Crippen LogP contribution in [-0.2, 0) is 22.3 Å². The first kappa shape index (κ1) is 24.5. The minimum atomic E-state index is -4.49. The highest BCUT2D eigenvalue weighted by Gasteiger charge is 2.35. The van der Waals surface area contributed by atoms with E-state index in [1.54, 1.807) is 13.0 Å². The molecule has 3 aliphatic rings. The molecule has 8 heteroatoms. The smallest absolute Gasteiger partial charge is 0.419 e. The van der Waals surface area contributed by atoms with Crippen LogP contribution < -0.4 is 4.74 Å². The van der Waals surface area contributed by atoms with Crippen molar-refractivity contribution in [1.29, 1.82) is 0 Å². The minimum Gasteiger partial charge on any atom is -0.493 e. The van der Waals surface area contributed by atoms with E-state index in [-0.39, 0.29) is 31.0 Å². The summed E-state index contributed by atoms with van der Waals surface area (Å²) in [6.07, 6.45) is 2.06. The summed E-state index contributed by atoms with van der Waals surface area (Å²) in [6.45, 7) is 6.03. The molecule has 1 aromatic rings. The number of aliphatic carboxylic acids is 1. The fourth-order valence-electron chi connectivity index (χ4n) is 4.83. The fraction of sp³-hybridized carbons (Fsp3) is 0.500. The Hall–Kier alpha value is -2.58. The molecule has 1 aliphatic heterocycles. The lowest BCUT2D eigenvalue weighted by Crippen LogP contribution is -2.51. The van der Waals surface area contributed by atoms with Crippen LogP contribution in [0.2, 0.25) is 0 Å². The number of hydrogen-bond donors (Lipinski definition) is 1. The summed E-state index contributed by atoms with van der Waals surface area (Å²) in [5, 5.41) is 9.06. The third-order valence-corrected chi connectivity index (χ3v) is 6.75. The predicted octanol–water partition coefficient (Wildman–Crippen LogP) is 5.37. The maximum atomic E-state index is 13.4. The first-order valence-electron chi connectivity index (χ1n) is 11.7. The van der Waals surface area contributed by atoms with Crippen LogP contribution in [0.1, 0.15) is 44.2 Å². The number of fused-ring (bicyclic) bond motifs is 1. The second-order valence-electron chi connectivity index (χ2n) is 9.11. The second-order valence-corrected chi connectivity index (χ2v) is 9.11. The monoisotopic (exact) mass is 477 g/mol. The summed E-state index contributed by atoms with van der Waals surface area (Å²) in [7, 11) is 0. The van der Waals surface area contributed by atoms with Crippen LogP contribution in [0, 0.1) is 5.92 Å². The Kier molecular flexibility index (Phi) is 7.19. The first-order valence-corrected chi connectivity index (χ1v) is 11.7. The molecule has 34 heavy (non-hydrogen) atoms. The number of likely N-dealkylation sites (tertiary alicyclic amines) is 1. The Morgan fingerprint density at radius 1 is 1.24 bits per heavy atom. The Labute approximate surface area is 197 Å². The largest absolute Gasteiger partial charge is 0.493 e. The summed E-state index contributed by atoms with van der Waals surface area (Å²) in [5.74, 6) is -1.14. The molecule has 0 radical (unpaired) electrons. The molecule has 1 fully saturated rings. The molecule has 0 spiro atoms. The number of ether oxygens (including phenoxy) is 2. The molecule has 1 unspecified atom stereocenters. The maximum absolute atomic E-state index is 13.4. The zero-order valence-corrected chi connectivity index (χ0v) is 19.5. The van der Waals surface area contributed by atoms with Crippen molar-refractivity contribution in [2.45, 2.75) is 52.0 Å². The summed E-state index contributed by atoms with van der Waals surface area (Å²) in [6, 6.07) is 4.07. The van der Waals surface area contributed by atoms with Gasteiger partial charge in [-0.3, -0.25) is 9.69 Å². The number of rotatable bonds is 8. The van der Waals surface area contributed by atoms with E-state index in [1.807, 2.05) is 0 Å². The van der Waals surface area contributed by atoms with Gasteiger partial charge in [-0.1, -0.05) is 23.8 Å². The van der Waals surface area contributed by atoms with E-state index in [9.17, 15) is 18.0 Å². The number of carboxylic acids is 1. The molecule has 1 N–H and O–H groups in total. The van der Waals surface area contributed by atoms with Crippen molar-refractivity contribution in [2.75, 3.05) is 26.2 Å². The Morgan fingerprint density at radius 2 is 2.00 bits per heavy atom. The van der Waals surface area contributed by atoms with Gasteiger partial charge in [0.1, 0.15) is 5.75 Å². The standard InChI is InChI=1S/C26H30F3NO4/c1-3-33-24-9-4-17(10-23(24)26(27,28)29)15-34-21-7-8-22-16(2)19(6-5-18(22)11-21)12-30-13-20(14-30)25(31)32/h4,8-11,20-21H,3,5-7,12-15H2,1-2H3,(H,31,32). The fourth-order valence-corrected chi connectivity index (χ4v) is 4.83. The van der Waals surface area contributed by atoms with E-state index >= 15 is 0 Å². The van der Waals surface area contributed by atoms with Crippen molar-refractivity contribution in [1.82, 2.24) is 4.90 Å². The van der Waals surface area contributed by atoms with E-state index in [2.05, 4.69) is 24.0 Å². The lowest BCUT2D eigenvalue weighted by Gasteiger charge is -2.39. The number of nitrogens with zero attached hydrogens (tertiary/aromatic N) is 1. The molecular formula is C26H30F3NO4. The predicted molar refractivity (Wildman–Crippen MR) is 121 cm³/mol. The van der Waals surface area contributed by atoms with Gasteiger partial charge in [-0.2, -0.15) is 13.2 Å². The van der Waals surface area contributed by atoms with Crippen molar-refractivity contribution in [3.63, 3.8) is 0 Å². The number of carbonyl (C=O) groups is 1. The average Bonchev–Trinajstić information content (AvgIpc) is 2.75. The molecule has 184 valence electrons. The number of hydrogen-bond acceptors (Lipinski definition) is 4. The molecule has 1 saturated heterocycles. The Balaban J connectivity index is 1.37. The number of allylic oxidation sites excluding steroid dienone is 3. The van der Waals surface area contributed by atoms with Crippen LogP contribution in [-0.4, -0.2) is 48.3 Å². The minimum absolute atomic E-state index is 0.0902. The van der Waals surface area contributed by atoms with E-state index in [4.69, 9.17) is 14.6 Å².